The van der Waals surface area contributed by atoms with E-state index in [-0.39, 0.29) is 12.4 Å². The van der Waals surface area contributed by atoms with Gasteiger partial charge in [0.1, 0.15) is 24.1 Å². The Hall–Kier alpha value is -1.48. The SMILES string of the molecule is CCCCCCCCCCCCCCCCOC[C@H]1O[C@@H](n2ccc(N)nc2=O)[C@@H](O)[C@@H]1O. The quantitative estimate of drug-likeness (QED) is 0.280. The van der Waals surface area contributed by atoms with Crippen molar-refractivity contribution in [2.75, 3.05) is 18.9 Å². The second-order valence-corrected chi connectivity index (χ2v) is 9.26. The smallest absolute Gasteiger partial charge is 0.351 e. The zero-order valence-corrected chi connectivity index (χ0v) is 20.4. The van der Waals surface area contributed by atoms with Gasteiger partial charge in [-0.3, -0.25) is 4.57 Å². The topological polar surface area (TPSA) is 120 Å². The number of nitrogens with zero attached hydrogens (tertiary/aromatic N) is 2. The second kappa shape index (κ2) is 16.2. The van der Waals surface area contributed by atoms with E-state index in [9.17, 15) is 15.0 Å². The molecular formula is C25H45N3O5. The molecule has 0 bridgehead atoms. The van der Waals surface area contributed by atoms with Gasteiger partial charge in [0.2, 0.25) is 0 Å². The van der Waals surface area contributed by atoms with Gasteiger partial charge in [-0.1, -0.05) is 90.4 Å². The number of hydrogen-bond donors (Lipinski definition) is 3. The average molecular weight is 468 g/mol. The van der Waals surface area contributed by atoms with Crippen LogP contribution in [0.5, 0.6) is 0 Å². The molecule has 8 nitrogen and oxygen atoms in total. The lowest BCUT2D eigenvalue weighted by molar-refractivity contribution is -0.0686. The van der Waals surface area contributed by atoms with Gasteiger partial charge in [-0.2, -0.15) is 4.98 Å². The lowest BCUT2D eigenvalue weighted by atomic mass is 10.0. The lowest BCUT2D eigenvalue weighted by Crippen LogP contribution is -2.36. The Morgan fingerprint density at radius 2 is 1.48 bits per heavy atom. The Bertz CT molecular complexity index is 699. The van der Waals surface area contributed by atoms with Crippen molar-refractivity contribution in [2.45, 2.75) is 121 Å². The molecule has 0 amide bonds. The fourth-order valence-corrected chi connectivity index (χ4v) is 4.31. The van der Waals surface area contributed by atoms with Crippen molar-refractivity contribution in [3.63, 3.8) is 0 Å². The molecule has 8 heteroatoms. The minimum absolute atomic E-state index is 0.0948. The zero-order valence-electron chi connectivity index (χ0n) is 20.4. The van der Waals surface area contributed by atoms with Crippen LogP contribution in [-0.4, -0.2) is 51.3 Å². The third kappa shape index (κ3) is 10.1. The largest absolute Gasteiger partial charge is 0.387 e. The number of ether oxygens (including phenoxy) is 2. The lowest BCUT2D eigenvalue weighted by Gasteiger charge is -2.16. The molecule has 1 fully saturated rings. The van der Waals surface area contributed by atoms with Crippen molar-refractivity contribution in [3.8, 4) is 0 Å². The first-order chi connectivity index (χ1) is 16.0. The third-order valence-electron chi connectivity index (χ3n) is 6.39. The first kappa shape index (κ1) is 27.8. The second-order valence-electron chi connectivity index (χ2n) is 9.26. The molecule has 0 aromatic carbocycles. The van der Waals surface area contributed by atoms with E-state index >= 15 is 0 Å². The van der Waals surface area contributed by atoms with Crippen LogP contribution in [0.4, 0.5) is 5.82 Å². The van der Waals surface area contributed by atoms with Crippen LogP contribution in [0.1, 0.15) is 103 Å². The molecular weight excluding hydrogens is 422 g/mol. The molecule has 1 saturated heterocycles. The van der Waals surface area contributed by atoms with Crippen LogP contribution in [0.25, 0.3) is 0 Å². The van der Waals surface area contributed by atoms with Gasteiger partial charge in [-0.25, -0.2) is 4.79 Å². The molecule has 1 aromatic heterocycles. The van der Waals surface area contributed by atoms with E-state index in [0.29, 0.717) is 6.61 Å². The van der Waals surface area contributed by atoms with Gasteiger partial charge in [0, 0.05) is 12.8 Å². The number of aromatic nitrogens is 2. The molecule has 2 heterocycles. The van der Waals surface area contributed by atoms with Crippen LogP contribution in [0.3, 0.4) is 0 Å². The van der Waals surface area contributed by atoms with Gasteiger partial charge in [0.05, 0.1) is 6.61 Å². The standard InChI is InChI=1S/C25H45N3O5/c1-2-3-4-5-6-7-8-9-10-11-12-13-14-15-18-32-19-20-22(29)23(30)24(33-20)28-17-16-21(26)27-25(28)31/h16-17,20,22-24,29-30H,2-15,18-19H2,1H3,(H2,26,27,31)/t20-,22-,23+,24-/m1/s1. The number of aliphatic hydroxyl groups excluding tert-OH is 2. The summed E-state index contributed by atoms with van der Waals surface area (Å²) in [5, 5.41) is 20.5. The minimum atomic E-state index is -1.23. The van der Waals surface area contributed by atoms with Gasteiger partial charge in [0.25, 0.3) is 0 Å². The number of nitrogens with two attached hydrogens (primary N) is 1. The van der Waals surface area contributed by atoms with E-state index in [4.69, 9.17) is 15.2 Å². The molecule has 1 aromatic rings. The summed E-state index contributed by atoms with van der Waals surface area (Å²) in [5.74, 6) is 0.0948. The van der Waals surface area contributed by atoms with Crippen molar-refractivity contribution in [2.24, 2.45) is 0 Å². The zero-order chi connectivity index (χ0) is 23.9. The van der Waals surface area contributed by atoms with E-state index in [1.807, 2.05) is 0 Å². The summed E-state index contributed by atoms with van der Waals surface area (Å²) < 4.78 is 12.5. The maximum Gasteiger partial charge on any atom is 0.351 e. The van der Waals surface area contributed by atoms with E-state index < -0.39 is 30.2 Å². The maximum atomic E-state index is 12.0. The monoisotopic (exact) mass is 467 g/mol. The first-order valence-electron chi connectivity index (χ1n) is 13.0. The summed E-state index contributed by atoms with van der Waals surface area (Å²) in [5.41, 5.74) is 4.86. The highest BCUT2D eigenvalue weighted by molar-refractivity contribution is 5.23. The fraction of sp³-hybridized carbons (Fsp3) is 0.840. The van der Waals surface area contributed by atoms with Crippen LogP contribution in [0, 0.1) is 0 Å². The first-order valence-corrected chi connectivity index (χ1v) is 13.0. The van der Waals surface area contributed by atoms with Gasteiger partial charge in [-0.05, 0) is 12.5 Å². The minimum Gasteiger partial charge on any atom is -0.387 e. The highest BCUT2D eigenvalue weighted by atomic mass is 16.6. The number of anilines is 1. The average Bonchev–Trinajstić information content (AvgIpc) is 3.07. The maximum absolute atomic E-state index is 12.0. The highest BCUT2D eigenvalue weighted by Crippen LogP contribution is 2.28. The van der Waals surface area contributed by atoms with Crippen molar-refractivity contribution in [1.29, 1.82) is 0 Å². The molecule has 0 aliphatic carbocycles. The summed E-state index contributed by atoms with van der Waals surface area (Å²) in [6.07, 6.45) is 15.7. The van der Waals surface area contributed by atoms with Gasteiger partial charge in [0.15, 0.2) is 6.23 Å². The molecule has 0 saturated carbocycles. The van der Waals surface area contributed by atoms with E-state index in [0.717, 1.165) is 17.4 Å². The van der Waals surface area contributed by atoms with Crippen LogP contribution in [0.2, 0.25) is 0 Å². The fourth-order valence-electron chi connectivity index (χ4n) is 4.31. The molecule has 4 atom stereocenters. The van der Waals surface area contributed by atoms with E-state index in [2.05, 4.69) is 11.9 Å². The molecule has 0 spiro atoms. The molecule has 0 unspecified atom stereocenters. The summed E-state index contributed by atoms with van der Waals surface area (Å²) in [7, 11) is 0. The molecule has 1 aliphatic heterocycles. The number of rotatable bonds is 18. The normalized spacial score (nSPS) is 22.8. The highest BCUT2D eigenvalue weighted by Gasteiger charge is 2.44. The van der Waals surface area contributed by atoms with Gasteiger partial charge >= 0.3 is 5.69 Å². The van der Waals surface area contributed by atoms with Crippen LogP contribution >= 0.6 is 0 Å². The Morgan fingerprint density at radius 3 is 2.03 bits per heavy atom. The van der Waals surface area contributed by atoms with Crippen LogP contribution < -0.4 is 11.4 Å². The molecule has 4 N–H and O–H groups in total. The Labute approximate surface area is 198 Å². The number of nitrogen functional groups attached to an aromatic ring is 1. The predicted octanol–water partition coefficient (Wildman–Crippen LogP) is 3.94. The Morgan fingerprint density at radius 1 is 0.939 bits per heavy atom. The van der Waals surface area contributed by atoms with Crippen molar-refractivity contribution < 1.29 is 19.7 Å². The Balaban J connectivity index is 1.46. The number of aliphatic hydroxyl groups is 2. The number of hydrogen-bond acceptors (Lipinski definition) is 7. The summed E-state index contributed by atoms with van der Waals surface area (Å²) >= 11 is 0. The van der Waals surface area contributed by atoms with Crippen molar-refractivity contribution >= 4 is 5.82 Å². The van der Waals surface area contributed by atoms with Crippen LogP contribution in [-0.2, 0) is 9.47 Å². The van der Waals surface area contributed by atoms with Crippen molar-refractivity contribution in [1.82, 2.24) is 9.55 Å². The molecule has 1 aliphatic rings. The van der Waals surface area contributed by atoms with Crippen LogP contribution in [0.15, 0.2) is 17.1 Å². The molecule has 0 radical (unpaired) electrons. The Kier molecular flexibility index (Phi) is 13.6. The number of unbranched alkanes of at least 4 members (excludes halogenated alkanes) is 13. The van der Waals surface area contributed by atoms with Gasteiger partial charge in [-0.15, -0.1) is 0 Å². The summed E-state index contributed by atoms with van der Waals surface area (Å²) in [6, 6.07) is 1.45. The van der Waals surface area contributed by atoms with E-state index in [1.54, 1.807) is 0 Å². The predicted molar refractivity (Wildman–Crippen MR) is 130 cm³/mol. The van der Waals surface area contributed by atoms with E-state index in [1.165, 1.54) is 89.3 Å². The molecule has 190 valence electrons. The molecule has 2 rings (SSSR count). The third-order valence-corrected chi connectivity index (χ3v) is 6.39. The summed E-state index contributed by atoms with van der Waals surface area (Å²) in [4.78, 5) is 15.6. The summed E-state index contributed by atoms with van der Waals surface area (Å²) in [6.45, 7) is 3.02. The van der Waals surface area contributed by atoms with Crippen molar-refractivity contribution in [3.05, 3.63) is 22.7 Å². The molecule has 33 heavy (non-hydrogen) atoms. The van der Waals surface area contributed by atoms with Gasteiger partial charge < -0.3 is 25.4 Å².